The molecule has 0 unspecified atom stereocenters. The highest BCUT2D eigenvalue weighted by Gasteiger charge is 2.21. The number of amides is 1. The van der Waals surface area contributed by atoms with Gasteiger partial charge in [-0.2, -0.15) is 0 Å². The van der Waals surface area contributed by atoms with Crippen LogP contribution in [0.3, 0.4) is 0 Å². The molecule has 0 aromatic heterocycles. The molecule has 1 N–H and O–H groups in total. The van der Waals surface area contributed by atoms with Crippen LogP contribution in [0.2, 0.25) is 0 Å². The molecule has 1 rings (SSSR count). The van der Waals surface area contributed by atoms with Gasteiger partial charge in [0.25, 0.3) is 0 Å². The number of likely N-dealkylation sites (N-methyl/N-ethyl adjacent to an activating group) is 1. The quantitative estimate of drug-likeness (QED) is 0.869. The average Bonchev–Trinajstić information content (AvgIpc) is 2.37. The Bertz CT molecular complexity index is 440. The Morgan fingerprint density at radius 3 is 2.35 bits per heavy atom. The summed E-state index contributed by atoms with van der Waals surface area (Å²) in [5, 5.41) is 2.96. The SMILES string of the molecule is C[C@H](CC(=O)NCC(C)(C)N(C)C)c1ccc(F)cc1. The Labute approximate surface area is 121 Å². The molecule has 1 amide bonds. The number of nitrogens with one attached hydrogen (secondary N) is 1. The Balaban J connectivity index is 2.48. The van der Waals surface area contributed by atoms with Crippen LogP contribution in [0.25, 0.3) is 0 Å². The third-order valence-electron chi connectivity index (χ3n) is 3.86. The zero-order valence-electron chi connectivity index (χ0n) is 13.0. The van der Waals surface area contributed by atoms with Crippen molar-refractivity contribution in [2.24, 2.45) is 0 Å². The normalized spacial score (nSPS) is 13.3. The maximum absolute atomic E-state index is 12.9. The van der Waals surface area contributed by atoms with E-state index in [1.165, 1.54) is 12.1 Å². The molecule has 0 radical (unpaired) electrons. The van der Waals surface area contributed by atoms with E-state index in [0.717, 1.165) is 5.56 Å². The largest absolute Gasteiger partial charge is 0.354 e. The lowest BCUT2D eigenvalue weighted by Gasteiger charge is -2.32. The van der Waals surface area contributed by atoms with E-state index in [-0.39, 0.29) is 23.2 Å². The van der Waals surface area contributed by atoms with Gasteiger partial charge in [-0.15, -0.1) is 0 Å². The zero-order valence-corrected chi connectivity index (χ0v) is 13.0. The fourth-order valence-corrected chi connectivity index (χ4v) is 1.73. The summed E-state index contributed by atoms with van der Waals surface area (Å²) < 4.78 is 12.9. The fourth-order valence-electron chi connectivity index (χ4n) is 1.73. The van der Waals surface area contributed by atoms with Crippen molar-refractivity contribution in [1.82, 2.24) is 10.2 Å². The Morgan fingerprint density at radius 1 is 1.30 bits per heavy atom. The monoisotopic (exact) mass is 280 g/mol. The highest BCUT2D eigenvalue weighted by molar-refractivity contribution is 5.76. The predicted octanol–water partition coefficient (Wildman–Crippen LogP) is 2.78. The number of benzene rings is 1. The molecule has 3 nitrogen and oxygen atoms in total. The lowest BCUT2D eigenvalue weighted by molar-refractivity contribution is -0.121. The number of nitrogens with zero attached hydrogens (tertiary/aromatic N) is 1. The fraction of sp³-hybridized carbons (Fsp3) is 0.562. The van der Waals surface area contributed by atoms with E-state index in [0.29, 0.717) is 13.0 Å². The van der Waals surface area contributed by atoms with Gasteiger partial charge in [0.1, 0.15) is 5.82 Å². The number of rotatable bonds is 6. The molecule has 0 saturated heterocycles. The first-order chi connectivity index (χ1) is 9.22. The first-order valence-corrected chi connectivity index (χ1v) is 6.92. The van der Waals surface area contributed by atoms with Crippen LogP contribution >= 0.6 is 0 Å². The van der Waals surface area contributed by atoms with Crippen molar-refractivity contribution in [1.29, 1.82) is 0 Å². The molecule has 0 bridgehead atoms. The molecule has 0 fully saturated rings. The minimum Gasteiger partial charge on any atom is -0.354 e. The van der Waals surface area contributed by atoms with Crippen LogP contribution in [0.1, 0.15) is 38.7 Å². The maximum Gasteiger partial charge on any atom is 0.220 e. The second kappa shape index (κ2) is 6.84. The highest BCUT2D eigenvalue weighted by atomic mass is 19.1. The van der Waals surface area contributed by atoms with E-state index in [2.05, 4.69) is 24.1 Å². The van der Waals surface area contributed by atoms with Gasteiger partial charge in [0.2, 0.25) is 5.91 Å². The van der Waals surface area contributed by atoms with Crippen LogP contribution in [-0.4, -0.2) is 37.0 Å². The Kier molecular flexibility index (Phi) is 5.69. The van der Waals surface area contributed by atoms with Gasteiger partial charge in [-0.05, 0) is 51.6 Å². The van der Waals surface area contributed by atoms with Crippen molar-refractivity contribution >= 4 is 5.91 Å². The summed E-state index contributed by atoms with van der Waals surface area (Å²) >= 11 is 0. The number of hydrogen-bond acceptors (Lipinski definition) is 2. The summed E-state index contributed by atoms with van der Waals surface area (Å²) in [6.07, 6.45) is 0.412. The Morgan fingerprint density at radius 2 is 1.85 bits per heavy atom. The molecular formula is C16H25FN2O. The molecule has 0 aliphatic rings. The van der Waals surface area contributed by atoms with Crippen LogP contribution in [0, 0.1) is 5.82 Å². The van der Waals surface area contributed by atoms with Crippen molar-refractivity contribution in [2.75, 3.05) is 20.6 Å². The first kappa shape index (κ1) is 16.6. The van der Waals surface area contributed by atoms with Crippen LogP contribution < -0.4 is 5.32 Å². The topological polar surface area (TPSA) is 32.3 Å². The van der Waals surface area contributed by atoms with Gasteiger partial charge in [-0.3, -0.25) is 4.79 Å². The minimum atomic E-state index is -0.252. The van der Waals surface area contributed by atoms with E-state index >= 15 is 0 Å². The summed E-state index contributed by atoms with van der Waals surface area (Å²) in [5.74, 6) is -0.145. The zero-order chi connectivity index (χ0) is 15.3. The van der Waals surface area contributed by atoms with Gasteiger partial charge in [-0.1, -0.05) is 19.1 Å². The summed E-state index contributed by atoms with van der Waals surface area (Å²) in [4.78, 5) is 14.0. The molecule has 4 heteroatoms. The first-order valence-electron chi connectivity index (χ1n) is 6.92. The van der Waals surface area contributed by atoms with E-state index in [9.17, 15) is 9.18 Å². The average molecular weight is 280 g/mol. The molecular weight excluding hydrogens is 255 g/mol. The second-order valence-electron chi connectivity index (χ2n) is 6.14. The lowest BCUT2D eigenvalue weighted by atomic mass is 9.97. The number of carbonyl (C=O) groups excluding carboxylic acids is 1. The van der Waals surface area contributed by atoms with Crippen molar-refractivity contribution in [2.45, 2.75) is 38.6 Å². The summed E-state index contributed by atoms with van der Waals surface area (Å²) in [5.41, 5.74) is 0.905. The predicted molar refractivity (Wildman–Crippen MR) is 80.2 cm³/mol. The third kappa shape index (κ3) is 4.93. The molecule has 0 heterocycles. The van der Waals surface area contributed by atoms with E-state index in [1.807, 2.05) is 21.0 Å². The molecule has 1 atom stereocenters. The molecule has 112 valence electrons. The third-order valence-corrected chi connectivity index (χ3v) is 3.86. The smallest absolute Gasteiger partial charge is 0.220 e. The van der Waals surface area contributed by atoms with Crippen LogP contribution in [0.4, 0.5) is 4.39 Å². The molecule has 0 aliphatic carbocycles. The van der Waals surface area contributed by atoms with Crippen LogP contribution in [0.15, 0.2) is 24.3 Å². The molecule has 1 aromatic carbocycles. The number of hydrogen-bond donors (Lipinski definition) is 1. The van der Waals surface area contributed by atoms with Gasteiger partial charge in [0, 0.05) is 18.5 Å². The van der Waals surface area contributed by atoms with Gasteiger partial charge >= 0.3 is 0 Å². The molecule has 1 aromatic rings. The molecule has 0 spiro atoms. The van der Waals surface area contributed by atoms with Gasteiger partial charge in [0.05, 0.1) is 0 Å². The summed E-state index contributed by atoms with van der Waals surface area (Å²) in [6, 6.07) is 6.33. The molecule has 0 aliphatic heterocycles. The summed E-state index contributed by atoms with van der Waals surface area (Å²) in [6.45, 7) is 6.74. The van der Waals surface area contributed by atoms with Crippen molar-refractivity contribution in [3.8, 4) is 0 Å². The van der Waals surface area contributed by atoms with Gasteiger partial charge in [-0.25, -0.2) is 4.39 Å². The maximum atomic E-state index is 12.9. The van der Waals surface area contributed by atoms with Crippen molar-refractivity contribution in [3.05, 3.63) is 35.6 Å². The highest BCUT2D eigenvalue weighted by Crippen LogP contribution is 2.19. The standard InChI is InChI=1S/C16H25FN2O/c1-12(13-6-8-14(17)9-7-13)10-15(20)18-11-16(2,3)19(4)5/h6-9,12H,10-11H2,1-5H3,(H,18,20)/t12-/m1/s1. The minimum absolute atomic E-state index is 0.0248. The molecule has 20 heavy (non-hydrogen) atoms. The van der Waals surface area contributed by atoms with E-state index in [1.54, 1.807) is 12.1 Å². The van der Waals surface area contributed by atoms with E-state index < -0.39 is 0 Å². The van der Waals surface area contributed by atoms with Gasteiger partial charge in [0.15, 0.2) is 0 Å². The second-order valence-corrected chi connectivity index (χ2v) is 6.14. The molecule has 0 saturated carbocycles. The lowest BCUT2D eigenvalue weighted by Crippen LogP contribution is -2.48. The van der Waals surface area contributed by atoms with Crippen LogP contribution in [0.5, 0.6) is 0 Å². The van der Waals surface area contributed by atoms with E-state index in [4.69, 9.17) is 0 Å². The van der Waals surface area contributed by atoms with Crippen molar-refractivity contribution in [3.63, 3.8) is 0 Å². The Hall–Kier alpha value is -1.42. The van der Waals surface area contributed by atoms with Crippen LogP contribution in [-0.2, 0) is 4.79 Å². The van der Waals surface area contributed by atoms with Gasteiger partial charge < -0.3 is 10.2 Å². The van der Waals surface area contributed by atoms with Crippen molar-refractivity contribution < 1.29 is 9.18 Å². The summed E-state index contributed by atoms with van der Waals surface area (Å²) in [7, 11) is 3.99. The number of halogens is 1. The number of carbonyl (C=O) groups is 1.